The zero-order valence-electron chi connectivity index (χ0n) is 22.1. The van der Waals surface area contributed by atoms with Crippen LogP contribution in [-0.2, 0) is 22.4 Å². The minimum Gasteiger partial charge on any atom is -0.512 e. The lowest BCUT2D eigenvalue weighted by atomic mass is 9.79. The number of cyclic esters (lactones) is 1. The molecule has 0 saturated carbocycles. The van der Waals surface area contributed by atoms with Crippen molar-refractivity contribution in [3.8, 4) is 0 Å². The van der Waals surface area contributed by atoms with E-state index in [1.54, 1.807) is 0 Å². The van der Waals surface area contributed by atoms with Crippen LogP contribution in [0.15, 0.2) is 139 Å². The molecule has 0 bridgehead atoms. The summed E-state index contributed by atoms with van der Waals surface area (Å²) in [5, 5.41) is 11.5. The zero-order valence-corrected chi connectivity index (χ0v) is 22.1. The molecule has 1 aliphatic rings. The van der Waals surface area contributed by atoms with Crippen molar-refractivity contribution < 1.29 is 14.6 Å². The molecule has 0 aromatic heterocycles. The van der Waals surface area contributed by atoms with E-state index in [2.05, 4.69) is 24.3 Å². The summed E-state index contributed by atoms with van der Waals surface area (Å²) in [6.45, 7) is 0. The summed E-state index contributed by atoms with van der Waals surface area (Å²) in [5.74, 6) is -0.731. The molecule has 0 spiro atoms. The van der Waals surface area contributed by atoms with Crippen molar-refractivity contribution >= 4 is 12.0 Å². The third kappa shape index (κ3) is 6.74. The number of hydrogen-bond donors (Lipinski definition) is 1. The SMILES string of the molecule is O=C1OC(CCc2ccccc2)(CCc2ccccc2)CC(O)=C1C(/C=C/c1ccccc1)c1ccccc1. The number of esters is 1. The van der Waals surface area contributed by atoms with E-state index in [0.717, 1.165) is 24.0 Å². The van der Waals surface area contributed by atoms with Gasteiger partial charge in [0.05, 0.1) is 5.57 Å². The lowest BCUT2D eigenvalue weighted by Gasteiger charge is -2.38. The van der Waals surface area contributed by atoms with E-state index in [4.69, 9.17) is 4.74 Å². The molecule has 4 aromatic rings. The van der Waals surface area contributed by atoms with E-state index in [1.807, 2.05) is 109 Å². The maximum Gasteiger partial charge on any atom is 0.338 e. The lowest BCUT2D eigenvalue weighted by molar-refractivity contribution is -0.161. The first kappa shape index (κ1) is 26.2. The average molecular weight is 515 g/mol. The van der Waals surface area contributed by atoms with Crippen LogP contribution in [0.4, 0.5) is 0 Å². The summed E-state index contributed by atoms with van der Waals surface area (Å²) >= 11 is 0. The van der Waals surface area contributed by atoms with E-state index in [0.29, 0.717) is 24.8 Å². The predicted octanol–water partition coefficient (Wildman–Crippen LogP) is 8.25. The third-order valence-corrected chi connectivity index (χ3v) is 7.50. The molecule has 3 nitrogen and oxygen atoms in total. The maximum absolute atomic E-state index is 13.8. The summed E-state index contributed by atoms with van der Waals surface area (Å²) in [4.78, 5) is 13.8. The molecular weight excluding hydrogens is 480 g/mol. The number of carbonyl (C=O) groups excluding carboxylic acids is 1. The van der Waals surface area contributed by atoms with Gasteiger partial charge in [0.15, 0.2) is 0 Å². The summed E-state index contributed by atoms with van der Waals surface area (Å²) in [7, 11) is 0. The summed E-state index contributed by atoms with van der Waals surface area (Å²) in [6.07, 6.45) is 7.10. The number of aliphatic hydroxyl groups excluding tert-OH is 1. The van der Waals surface area contributed by atoms with Crippen LogP contribution in [0.5, 0.6) is 0 Å². The van der Waals surface area contributed by atoms with Crippen molar-refractivity contribution in [2.75, 3.05) is 0 Å². The molecule has 0 amide bonds. The molecule has 3 heteroatoms. The number of benzene rings is 4. The molecule has 0 saturated heterocycles. The van der Waals surface area contributed by atoms with Gasteiger partial charge in [-0.3, -0.25) is 0 Å². The smallest absolute Gasteiger partial charge is 0.338 e. The number of aryl methyl sites for hydroxylation is 2. The van der Waals surface area contributed by atoms with Crippen LogP contribution in [-0.4, -0.2) is 16.7 Å². The van der Waals surface area contributed by atoms with E-state index in [9.17, 15) is 9.90 Å². The highest BCUT2D eigenvalue weighted by molar-refractivity contribution is 5.93. The molecule has 1 unspecified atom stereocenters. The van der Waals surface area contributed by atoms with Crippen molar-refractivity contribution in [3.63, 3.8) is 0 Å². The number of hydrogen-bond acceptors (Lipinski definition) is 3. The van der Waals surface area contributed by atoms with Crippen molar-refractivity contribution in [3.05, 3.63) is 161 Å². The van der Waals surface area contributed by atoms with Crippen molar-refractivity contribution in [2.24, 2.45) is 0 Å². The Morgan fingerprint density at radius 2 is 1.21 bits per heavy atom. The van der Waals surface area contributed by atoms with Gasteiger partial charge in [-0.1, -0.05) is 133 Å². The normalized spacial score (nSPS) is 15.7. The molecule has 4 aromatic carbocycles. The summed E-state index contributed by atoms with van der Waals surface area (Å²) < 4.78 is 6.36. The van der Waals surface area contributed by atoms with Gasteiger partial charge in [-0.2, -0.15) is 0 Å². The quantitative estimate of drug-likeness (QED) is 0.217. The fraction of sp³-hybridized carbons (Fsp3) is 0.194. The first-order valence-corrected chi connectivity index (χ1v) is 13.6. The Kier molecular flexibility index (Phi) is 8.38. The molecule has 5 rings (SSSR count). The number of rotatable bonds is 10. The first-order chi connectivity index (χ1) is 19.1. The molecule has 0 fully saturated rings. The highest BCUT2D eigenvalue weighted by Crippen LogP contribution is 2.41. The fourth-order valence-corrected chi connectivity index (χ4v) is 5.36. The van der Waals surface area contributed by atoms with Crippen molar-refractivity contribution in [2.45, 2.75) is 43.6 Å². The topological polar surface area (TPSA) is 46.5 Å². The van der Waals surface area contributed by atoms with Gasteiger partial charge in [0, 0.05) is 12.3 Å². The Morgan fingerprint density at radius 3 is 1.72 bits per heavy atom. The van der Waals surface area contributed by atoms with E-state index in [-0.39, 0.29) is 5.76 Å². The summed E-state index contributed by atoms with van der Waals surface area (Å²) in [6, 6.07) is 40.3. The number of aliphatic hydroxyl groups is 1. The van der Waals surface area contributed by atoms with Crippen LogP contribution in [0.1, 0.15) is 47.4 Å². The molecule has 1 aliphatic heterocycles. The Hall–Kier alpha value is -4.37. The van der Waals surface area contributed by atoms with Gasteiger partial charge in [0.1, 0.15) is 11.4 Å². The van der Waals surface area contributed by atoms with Crippen LogP contribution in [0.25, 0.3) is 6.08 Å². The number of carbonyl (C=O) groups is 1. The molecule has 39 heavy (non-hydrogen) atoms. The molecular formula is C36H34O3. The minimum absolute atomic E-state index is 0.124. The minimum atomic E-state index is -0.777. The van der Waals surface area contributed by atoms with E-state index < -0.39 is 17.5 Å². The largest absolute Gasteiger partial charge is 0.512 e. The van der Waals surface area contributed by atoms with Gasteiger partial charge in [0.2, 0.25) is 0 Å². The molecule has 1 atom stereocenters. The van der Waals surface area contributed by atoms with E-state index >= 15 is 0 Å². The Morgan fingerprint density at radius 1 is 0.718 bits per heavy atom. The van der Waals surface area contributed by atoms with Crippen LogP contribution < -0.4 is 0 Å². The second-order valence-electron chi connectivity index (χ2n) is 10.2. The molecule has 1 heterocycles. The van der Waals surface area contributed by atoms with Gasteiger partial charge < -0.3 is 9.84 Å². The van der Waals surface area contributed by atoms with Crippen molar-refractivity contribution in [1.82, 2.24) is 0 Å². The summed E-state index contributed by atoms with van der Waals surface area (Å²) in [5.41, 5.74) is 3.89. The highest BCUT2D eigenvalue weighted by Gasteiger charge is 2.43. The van der Waals surface area contributed by atoms with Crippen LogP contribution in [0, 0.1) is 0 Å². The molecule has 1 N–H and O–H groups in total. The van der Waals surface area contributed by atoms with Gasteiger partial charge in [0.25, 0.3) is 0 Å². The average Bonchev–Trinajstić information content (AvgIpc) is 2.98. The van der Waals surface area contributed by atoms with Gasteiger partial charge in [-0.25, -0.2) is 4.79 Å². The number of ether oxygens (including phenoxy) is 1. The lowest BCUT2D eigenvalue weighted by Crippen LogP contribution is -2.42. The second kappa shape index (κ2) is 12.4. The maximum atomic E-state index is 13.8. The second-order valence-corrected chi connectivity index (χ2v) is 10.2. The zero-order chi connectivity index (χ0) is 26.9. The third-order valence-electron chi connectivity index (χ3n) is 7.50. The Bertz CT molecular complexity index is 1360. The van der Waals surface area contributed by atoms with Gasteiger partial charge >= 0.3 is 5.97 Å². The molecule has 196 valence electrons. The standard InChI is InChI=1S/C36H34O3/c37-33-27-36(25-23-29-15-7-2-8-16-29,26-24-30-17-9-3-10-18-30)39-35(38)34(33)32(31-19-11-4-12-20-31)22-21-28-13-5-1-6-14-28/h1-22,32,37H,23-27H2/b22-21+. The Labute approximate surface area is 231 Å². The van der Waals surface area contributed by atoms with Crippen molar-refractivity contribution in [1.29, 1.82) is 0 Å². The van der Waals surface area contributed by atoms with E-state index in [1.165, 1.54) is 11.1 Å². The van der Waals surface area contributed by atoms with Gasteiger partial charge in [-0.05, 0) is 47.9 Å². The monoisotopic (exact) mass is 514 g/mol. The fourth-order valence-electron chi connectivity index (χ4n) is 5.36. The first-order valence-electron chi connectivity index (χ1n) is 13.6. The molecule has 0 radical (unpaired) electrons. The predicted molar refractivity (Wildman–Crippen MR) is 157 cm³/mol. The van der Waals surface area contributed by atoms with Crippen LogP contribution in [0.3, 0.4) is 0 Å². The van der Waals surface area contributed by atoms with Crippen LogP contribution >= 0.6 is 0 Å². The number of allylic oxidation sites excluding steroid dienone is 1. The highest BCUT2D eigenvalue weighted by atomic mass is 16.6. The van der Waals surface area contributed by atoms with Crippen LogP contribution in [0.2, 0.25) is 0 Å². The Balaban J connectivity index is 1.47. The van der Waals surface area contributed by atoms with Gasteiger partial charge in [-0.15, -0.1) is 0 Å². The molecule has 0 aliphatic carbocycles.